The van der Waals surface area contributed by atoms with Crippen LogP contribution in [-0.2, 0) is 12.8 Å². The fourth-order valence-corrected chi connectivity index (χ4v) is 3.56. The van der Waals surface area contributed by atoms with Crippen molar-refractivity contribution in [3.05, 3.63) is 41.2 Å². The number of benzene rings is 1. The number of aromatic nitrogens is 3. The zero-order valence-electron chi connectivity index (χ0n) is 13.3. The van der Waals surface area contributed by atoms with Crippen LogP contribution in [-0.4, -0.2) is 15.2 Å². The average Bonchev–Trinajstić information content (AvgIpc) is 2.87. The monoisotopic (exact) mass is 310 g/mol. The molecule has 4 rings (SSSR count). The molecule has 0 saturated heterocycles. The highest BCUT2D eigenvalue weighted by Gasteiger charge is 2.31. The van der Waals surface area contributed by atoms with E-state index in [1.807, 2.05) is 6.07 Å². The molecule has 0 saturated carbocycles. The number of aromatic amines is 1. The Kier molecular flexibility index (Phi) is 2.95. The van der Waals surface area contributed by atoms with Crippen molar-refractivity contribution in [2.24, 2.45) is 5.41 Å². The normalized spacial score (nSPS) is 16.5. The number of hydrogen-bond donors (Lipinski definition) is 2. The summed E-state index contributed by atoms with van der Waals surface area (Å²) in [5.74, 6) is 0.288. The Morgan fingerprint density at radius 2 is 2.00 bits per heavy atom. The van der Waals surface area contributed by atoms with E-state index in [1.165, 1.54) is 6.07 Å². The molecule has 0 atom stereocenters. The zero-order valence-corrected chi connectivity index (χ0v) is 13.3. The van der Waals surface area contributed by atoms with Gasteiger partial charge in [0.2, 0.25) is 0 Å². The molecule has 0 radical (unpaired) electrons. The molecule has 4 nitrogen and oxygen atoms in total. The lowest BCUT2D eigenvalue weighted by molar-refractivity contribution is 0.317. The van der Waals surface area contributed by atoms with Gasteiger partial charge in [-0.3, -0.25) is 5.10 Å². The van der Waals surface area contributed by atoms with E-state index in [2.05, 4.69) is 29.0 Å². The fraction of sp³-hybridized carbons (Fsp3) is 0.333. The van der Waals surface area contributed by atoms with Gasteiger partial charge in [-0.15, -0.1) is 0 Å². The molecule has 1 aliphatic carbocycles. The second-order valence-electron chi connectivity index (χ2n) is 7.07. The molecule has 3 aromatic rings. The molecule has 0 fully saturated rings. The second kappa shape index (κ2) is 4.78. The fourth-order valence-electron chi connectivity index (χ4n) is 3.56. The average molecular weight is 310 g/mol. The minimum Gasteiger partial charge on any atom is -0.384 e. The number of nitrogens with two attached hydrogens (primary N) is 1. The summed E-state index contributed by atoms with van der Waals surface area (Å²) < 4.78 is 14.3. The number of pyridine rings is 1. The number of H-pyrrole nitrogens is 1. The van der Waals surface area contributed by atoms with Crippen LogP contribution in [0.1, 0.15) is 31.4 Å². The van der Waals surface area contributed by atoms with E-state index in [1.54, 1.807) is 12.1 Å². The summed E-state index contributed by atoms with van der Waals surface area (Å²) in [5.41, 5.74) is 10.3. The van der Waals surface area contributed by atoms with Crippen molar-refractivity contribution in [1.29, 1.82) is 0 Å². The Morgan fingerprint density at radius 3 is 2.78 bits per heavy atom. The standard InChI is InChI=1S/C18H19FN4/c1-18(2)8-7-10-12(9-18)14-16(20)22-23-17(14)21-15(10)11-5-3-4-6-13(11)19/h3-6H,7-9H2,1-2H3,(H3,20,21,22,23). The highest BCUT2D eigenvalue weighted by molar-refractivity contribution is 5.93. The molecule has 2 heterocycles. The number of nitrogen functional groups attached to an aromatic ring is 1. The summed E-state index contributed by atoms with van der Waals surface area (Å²) in [6, 6.07) is 6.78. The highest BCUT2D eigenvalue weighted by Crippen LogP contribution is 2.42. The smallest absolute Gasteiger partial charge is 0.183 e. The van der Waals surface area contributed by atoms with E-state index >= 15 is 0 Å². The molecule has 0 aliphatic heterocycles. The van der Waals surface area contributed by atoms with Crippen LogP contribution in [0.5, 0.6) is 0 Å². The minimum atomic E-state index is -0.255. The topological polar surface area (TPSA) is 67.6 Å². The molecule has 1 aliphatic rings. The first-order chi connectivity index (χ1) is 11.0. The summed E-state index contributed by atoms with van der Waals surface area (Å²) in [7, 11) is 0. The Hall–Kier alpha value is -2.43. The first-order valence-corrected chi connectivity index (χ1v) is 7.86. The van der Waals surface area contributed by atoms with Crippen molar-refractivity contribution < 1.29 is 4.39 Å². The molecule has 1 aromatic carbocycles. The van der Waals surface area contributed by atoms with Crippen LogP contribution >= 0.6 is 0 Å². The van der Waals surface area contributed by atoms with Gasteiger partial charge in [0.25, 0.3) is 0 Å². The number of fused-ring (bicyclic) bond motifs is 3. The molecular formula is C18H19FN4. The van der Waals surface area contributed by atoms with Crippen molar-refractivity contribution in [3.8, 4) is 11.3 Å². The largest absolute Gasteiger partial charge is 0.384 e. The molecule has 0 amide bonds. The first-order valence-electron chi connectivity index (χ1n) is 7.86. The number of nitrogens with zero attached hydrogens (tertiary/aromatic N) is 2. The summed E-state index contributed by atoms with van der Waals surface area (Å²) in [6.45, 7) is 4.50. The lowest BCUT2D eigenvalue weighted by atomic mass is 9.73. The van der Waals surface area contributed by atoms with Gasteiger partial charge in [0.15, 0.2) is 5.65 Å². The molecule has 0 bridgehead atoms. The van der Waals surface area contributed by atoms with E-state index in [4.69, 9.17) is 5.73 Å². The molecule has 23 heavy (non-hydrogen) atoms. The molecule has 5 heteroatoms. The third-order valence-electron chi connectivity index (χ3n) is 4.78. The van der Waals surface area contributed by atoms with Crippen LogP contribution in [0.4, 0.5) is 10.2 Å². The van der Waals surface area contributed by atoms with Crippen molar-refractivity contribution in [2.75, 3.05) is 5.73 Å². The third-order valence-corrected chi connectivity index (χ3v) is 4.78. The second-order valence-corrected chi connectivity index (χ2v) is 7.07. The maximum absolute atomic E-state index is 14.3. The Morgan fingerprint density at radius 1 is 1.22 bits per heavy atom. The van der Waals surface area contributed by atoms with Gasteiger partial charge >= 0.3 is 0 Å². The Balaban J connectivity index is 2.06. The summed E-state index contributed by atoms with van der Waals surface area (Å²) >= 11 is 0. The van der Waals surface area contributed by atoms with Gasteiger partial charge in [-0.25, -0.2) is 9.37 Å². The van der Waals surface area contributed by atoms with Gasteiger partial charge in [-0.05, 0) is 47.9 Å². The van der Waals surface area contributed by atoms with E-state index in [0.29, 0.717) is 22.7 Å². The zero-order chi connectivity index (χ0) is 16.2. The van der Waals surface area contributed by atoms with Gasteiger partial charge in [-0.1, -0.05) is 26.0 Å². The lowest BCUT2D eigenvalue weighted by Gasteiger charge is -2.32. The predicted octanol–water partition coefficient (Wildman–Crippen LogP) is 3.86. The summed E-state index contributed by atoms with van der Waals surface area (Å²) in [5, 5.41) is 7.92. The maximum atomic E-state index is 14.3. The van der Waals surface area contributed by atoms with E-state index in [-0.39, 0.29) is 11.2 Å². The van der Waals surface area contributed by atoms with Gasteiger partial charge in [0.1, 0.15) is 11.6 Å². The summed E-state index contributed by atoms with van der Waals surface area (Å²) in [4.78, 5) is 4.63. The molecule has 0 unspecified atom stereocenters. The SMILES string of the molecule is CC1(C)CCc2c(-c3ccccc3F)nc3n[nH]c(N)c3c2C1. The lowest BCUT2D eigenvalue weighted by Crippen LogP contribution is -2.23. The van der Waals surface area contributed by atoms with Crippen LogP contribution < -0.4 is 5.73 Å². The molecule has 118 valence electrons. The first kappa shape index (κ1) is 14.2. The third kappa shape index (κ3) is 2.19. The van der Waals surface area contributed by atoms with Crippen LogP contribution in [0.15, 0.2) is 24.3 Å². The number of anilines is 1. The van der Waals surface area contributed by atoms with Gasteiger partial charge in [0, 0.05) is 5.56 Å². The van der Waals surface area contributed by atoms with Crippen LogP contribution in [0, 0.1) is 11.2 Å². The van der Waals surface area contributed by atoms with Gasteiger partial charge < -0.3 is 5.73 Å². The van der Waals surface area contributed by atoms with Crippen LogP contribution in [0.3, 0.4) is 0 Å². The van der Waals surface area contributed by atoms with Crippen molar-refractivity contribution in [1.82, 2.24) is 15.2 Å². The van der Waals surface area contributed by atoms with Gasteiger partial charge in [-0.2, -0.15) is 5.10 Å². The minimum absolute atomic E-state index is 0.192. The van der Waals surface area contributed by atoms with E-state index in [0.717, 1.165) is 35.8 Å². The Labute approximate surface area is 133 Å². The number of hydrogen-bond acceptors (Lipinski definition) is 3. The maximum Gasteiger partial charge on any atom is 0.183 e. The van der Waals surface area contributed by atoms with E-state index in [9.17, 15) is 4.39 Å². The summed E-state index contributed by atoms with van der Waals surface area (Å²) in [6.07, 6.45) is 2.82. The number of rotatable bonds is 1. The van der Waals surface area contributed by atoms with Crippen molar-refractivity contribution in [3.63, 3.8) is 0 Å². The highest BCUT2D eigenvalue weighted by atomic mass is 19.1. The van der Waals surface area contributed by atoms with Crippen LogP contribution in [0.2, 0.25) is 0 Å². The molecule has 3 N–H and O–H groups in total. The van der Waals surface area contributed by atoms with Crippen molar-refractivity contribution in [2.45, 2.75) is 33.1 Å². The Bertz CT molecular complexity index is 911. The predicted molar refractivity (Wildman–Crippen MR) is 89.5 cm³/mol. The van der Waals surface area contributed by atoms with Crippen molar-refractivity contribution >= 4 is 16.9 Å². The number of nitrogens with one attached hydrogen (secondary N) is 1. The molecule has 0 spiro atoms. The molecular weight excluding hydrogens is 291 g/mol. The quantitative estimate of drug-likeness (QED) is 0.717. The number of halogens is 1. The van der Waals surface area contributed by atoms with E-state index < -0.39 is 0 Å². The van der Waals surface area contributed by atoms with Crippen LogP contribution in [0.25, 0.3) is 22.3 Å². The molecule has 2 aromatic heterocycles. The van der Waals surface area contributed by atoms with Gasteiger partial charge in [0.05, 0.1) is 11.1 Å².